The second kappa shape index (κ2) is 4.17. The summed E-state index contributed by atoms with van der Waals surface area (Å²) >= 11 is 1.59. The maximum Gasteiger partial charge on any atom is 0.0795 e. The SMILES string of the molecule is CC(NCC(C)(C)O)c1cscn1. The fourth-order valence-electron chi connectivity index (χ4n) is 0.943. The first-order valence-electron chi connectivity index (χ1n) is 4.33. The predicted molar refractivity (Wildman–Crippen MR) is 54.8 cm³/mol. The zero-order chi connectivity index (χ0) is 9.90. The highest BCUT2D eigenvalue weighted by Gasteiger charge is 2.14. The molecule has 1 heterocycles. The molecule has 0 spiro atoms. The van der Waals surface area contributed by atoms with Gasteiger partial charge in [0.25, 0.3) is 0 Å². The summed E-state index contributed by atoms with van der Waals surface area (Å²) in [6, 6.07) is 0.206. The Balaban J connectivity index is 2.39. The zero-order valence-corrected chi connectivity index (χ0v) is 9.06. The summed E-state index contributed by atoms with van der Waals surface area (Å²) < 4.78 is 0. The molecule has 1 aromatic heterocycles. The minimum atomic E-state index is -0.662. The highest BCUT2D eigenvalue weighted by atomic mass is 32.1. The van der Waals surface area contributed by atoms with Gasteiger partial charge < -0.3 is 10.4 Å². The van der Waals surface area contributed by atoms with E-state index in [-0.39, 0.29) is 6.04 Å². The molecule has 0 aliphatic carbocycles. The van der Waals surface area contributed by atoms with Crippen LogP contribution in [0.1, 0.15) is 32.5 Å². The monoisotopic (exact) mass is 200 g/mol. The number of nitrogens with one attached hydrogen (secondary N) is 1. The van der Waals surface area contributed by atoms with Gasteiger partial charge in [-0.1, -0.05) is 0 Å². The van der Waals surface area contributed by atoms with Crippen LogP contribution < -0.4 is 5.32 Å². The van der Waals surface area contributed by atoms with E-state index >= 15 is 0 Å². The fourth-order valence-corrected chi connectivity index (χ4v) is 1.59. The van der Waals surface area contributed by atoms with Crippen molar-refractivity contribution < 1.29 is 5.11 Å². The van der Waals surface area contributed by atoms with Crippen LogP contribution in [0, 0.1) is 0 Å². The lowest BCUT2D eigenvalue weighted by atomic mass is 10.1. The molecule has 2 N–H and O–H groups in total. The van der Waals surface area contributed by atoms with Crippen LogP contribution in [-0.4, -0.2) is 22.2 Å². The quantitative estimate of drug-likeness (QED) is 0.775. The lowest BCUT2D eigenvalue weighted by molar-refractivity contribution is 0.0769. The Morgan fingerprint density at radius 1 is 1.69 bits per heavy atom. The molecule has 1 rings (SSSR count). The third-order valence-corrected chi connectivity index (χ3v) is 2.34. The van der Waals surface area contributed by atoms with Crippen molar-refractivity contribution in [2.24, 2.45) is 0 Å². The maximum absolute atomic E-state index is 9.48. The predicted octanol–water partition coefficient (Wildman–Crippen LogP) is 1.56. The standard InChI is InChI=1S/C9H16N2OS/c1-7(8-4-13-6-11-8)10-5-9(2,3)12/h4,6-7,10,12H,5H2,1-3H3. The summed E-state index contributed by atoms with van der Waals surface area (Å²) in [5.41, 5.74) is 2.19. The Bertz CT molecular complexity index is 241. The van der Waals surface area contributed by atoms with Gasteiger partial charge in [0.15, 0.2) is 0 Å². The van der Waals surface area contributed by atoms with Gasteiger partial charge in [0.05, 0.1) is 16.8 Å². The van der Waals surface area contributed by atoms with Gasteiger partial charge in [-0.3, -0.25) is 0 Å². The number of aliphatic hydroxyl groups is 1. The van der Waals surface area contributed by atoms with Gasteiger partial charge in [0.2, 0.25) is 0 Å². The molecule has 3 nitrogen and oxygen atoms in total. The van der Waals surface area contributed by atoms with Gasteiger partial charge in [-0.15, -0.1) is 11.3 Å². The molecule has 0 aromatic carbocycles. The van der Waals surface area contributed by atoms with E-state index in [0.29, 0.717) is 6.54 Å². The highest BCUT2D eigenvalue weighted by Crippen LogP contribution is 2.12. The molecule has 74 valence electrons. The lowest BCUT2D eigenvalue weighted by Gasteiger charge is -2.20. The van der Waals surface area contributed by atoms with Gasteiger partial charge in [0.1, 0.15) is 0 Å². The van der Waals surface area contributed by atoms with Crippen molar-refractivity contribution >= 4 is 11.3 Å². The first kappa shape index (κ1) is 10.6. The van der Waals surface area contributed by atoms with E-state index in [1.165, 1.54) is 0 Å². The van der Waals surface area contributed by atoms with Gasteiger partial charge in [-0.05, 0) is 20.8 Å². The van der Waals surface area contributed by atoms with Crippen LogP contribution in [0.2, 0.25) is 0 Å². The van der Waals surface area contributed by atoms with Crippen molar-refractivity contribution in [1.82, 2.24) is 10.3 Å². The third kappa shape index (κ3) is 3.85. The van der Waals surface area contributed by atoms with Crippen molar-refractivity contribution in [3.8, 4) is 0 Å². The highest BCUT2D eigenvalue weighted by molar-refractivity contribution is 7.07. The number of hydrogen-bond acceptors (Lipinski definition) is 4. The maximum atomic E-state index is 9.48. The van der Waals surface area contributed by atoms with E-state index in [1.807, 2.05) is 17.8 Å². The smallest absolute Gasteiger partial charge is 0.0795 e. The summed E-state index contributed by atoms with van der Waals surface area (Å²) in [7, 11) is 0. The minimum Gasteiger partial charge on any atom is -0.389 e. The summed E-state index contributed by atoms with van der Waals surface area (Å²) in [4.78, 5) is 4.19. The molecule has 0 saturated heterocycles. The van der Waals surface area contributed by atoms with Crippen molar-refractivity contribution in [3.05, 3.63) is 16.6 Å². The van der Waals surface area contributed by atoms with E-state index in [4.69, 9.17) is 0 Å². The molecule has 13 heavy (non-hydrogen) atoms. The number of aromatic nitrogens is 1. The molecule has 4 heteroatoms. The molecule has 0 aliphatic rings. The van der Waals surface area contributed by atoms with E-state index < -0.39 is 5.60 Å². The van der Waals surface area contributed by atoms with Crippen molar-refractivity contribution in [2.45, 2.75) is 32.4 Å². The molecular weight excluding hydrogens is 184 g/mol. The molecule has 0 amide bonds. The molecule has 0 saturated carbocycles. The second-order valence-electron chi connectivity index (χ2n) is 3.83. The molecule has 0 radical (unpaired) electrons. The van der Waals surface area contributed by atoms with Crippen molar-refractivity contribution in [1.29, 1.82) is 0 Å². The number of thiazole rings is 1. The lowest BCUT2D eigenvalue weighted by Crippen LogP contribution is -2.36. The number of hydrogen-bond donors (Lipinski definition) is 2. The largest absolute Gasteiger partial charge is 0.389 e. The Labute approximate surface area is 82.8 Å². The average molecular weight is 200 g/mol. The normalized spacial score (nSPS) is 14.5. The molecule has 0 bridgehead atoms. The molecule has 0 aliphatic heterocycles. The summed E-state index contributed by atoms with van der Waals surface area (Å²) in [5, 5.41) is 14.7. The van der Waals surface area contributed by atoms with Crippen LogP contribution in [-0.2, 0) is 0 Å². The Morgan fingerprint density at radius 2 is 2.38 bits per heavy atom. The zero-order valence-electron chi connectivity index (χ0n) is 8.24. The first-order valence-corrected chi connectivity index (χ1v) is 5.27. The summed E-state index contributed by atoms with van der Waals surface area (Å²) in [5.74, 6) is 0. The second-order valence-corrected chi connectivity index (χ2v) is 4.55. The van der Waals surface area contributed by atoms with Crippen LogP contribution in [0.5, 0.6) is 0 Å². The van der Waals surface area contributed by atoms with Crippen LogP contribution in [0.25, 0.3) is 0 Å². The molecular formula is C9H16N2OS. The Morgan fingerprint density at radius 3 is 2.85 bits per heavy atom. The fraction of sp³-hybridized carbons (Fsp3) is 0.667. The summed E-state index contributed by atoms with van der Waals surface area (Å²) in [6.45, 7) is 6.19. The van der Waals surface area contributed by atoms with Crippen LogP contribution in [0.15, 0.2) is 10.9 Å². The van der Waals surface area contributed by atoms with Crippen LogP contribution in [0.4, 0.5) is 0 Å². The van der Waals surface area contributed by atoms with Crippen molar-refractivity contribution in [2.75, 3.05) is 6.54 Å². The molecule has 1 atom stereocenters. The Hall–Kier alpha value is -0.450. The van der Waals surface area contributed by atoms with Gasteiger partial charge in [-0.2, -0.15) is 0 Å². The minimum absolute atomic E-state index is 0.206. The molecule has 0 fully saturated rings. The van der Waals surface area contributed by atoms with E-state index in [2.05, 4.69) is 10.3 Å². The van der Waals surface area contributed by atoms with Gasteiger partial charge >= 0.3 is 0 Å². The van der Waals surface area contributed by atoms with Crippen LogP contribution in [0.3, 0.4) is 0 Å². The summed E-state index contributed by atoms with van der Waals surface area (Å²) in [6.07, 6.45) is 0. The van der Waals surface area contributed by atoms with Gasteiger partial charge in [0, 0.05) is 18.0 Å². The van der Waals surface area contributed by atoms with E-state index in [1.54, 1.807) is 25.2 Å². The number of rotatable bonds is 4. The van der Waals surface area contributed by atoms with Crippen molar-refractivity contribution in [3.63, 3.8) is 0 Å². The molecule has 1 aromatic rings. The Kier molecular flexibility index (Phi) is 3.41. The van der Waals surface area contributed by atoms with Crippen LogP contribution >= 0.6 is 11.3 Å². The average Bonchev–Trinajstić information content (AvgIpc) is 2.50. The van der Waals surface area contributed by atoms with E-state index in [0.717, 1.165) is 5.69 Å². The molecule has 1 unspecified atom stereocenters. The number of nitrogens with zero attached hydrogens (tertiary/aromatic N) is 1. The third-order valence-electron chi connectivity index (χ3n) is 1.74. The van der Waals surface area contributed by atoms with E-state index in [9.17, 15) is 5.11 Å². The first-order chi connectivity index (χ1) is 5.99. The topological polar surface area (TPSA) is 45.1 Å². The van der Waals surface area contributed by atoms with Gasteiger partial charge in [-0.25, -0.2) is 4.98 Å².